The molecule has 1 heterocycles. The third-order valence-corrected chi connectivity index (χ3v) is 4.30. The minimum atomic E-state index is -0.621. The summed E-state index contributed by atoms with van der Waals surface area (Å²) < 4.78 is 5.08. The SMILES string of the molecule is COC(=O)[C@@]1(C)Cc2ccccc2N[C@H]1c1ccccc1. The number of para-hydroxylation sites is 1. The van der Waals surface area contributed by atoms with Gasteiger partial charge in [-0.1, -0.05) is 48.5 Å². The number of hydrogen-bond acceptors (Lipinski definition) is 3. The minimum Gasteiger partial charge on any atom is -0.469 e. The first-order valence-electron chi connectivity index (χ1n) is 7.13. The first-order valence-corrected chi connectivity index (χ1v) is 7.13. The van der Waals surface area contributed by atoms with Gasteiger partial charge in [0.1, 0.15) is 0 Å². The van der Waals surface area contributed by atoms with E-state index in [1.54, 1.807) is 0 Å². The second kappa shape index (κ2) is 5.24. The largest absolute Gasteiger partial charge is 0.469 e. The summed E-state index contributed by atoms with van der Waals surface area (Å²) in [5, 5.41) is 3.52. The Bertz CT molecular complexity index is 653. The van der Waals surface area contributed by atoms with Crippen molar-refractivity contribution in [3.05, 3.63) is 65.7 Å². The van der Waals surface area contributed by atoms with Gasteiger partial charge in [0.25, 0.3) is 0 Å². The lowest BCUT2D eigenvalue weighted by Gasteiger charge is -2.41. The first-order chi connectivity index (χ1) is 10.1. The summed E-state index contributed by atoms with van der Waals surface area (Å²) in [6.45, 7) is 1.97. The molecular weight excluding hydrogens is 262 g/mol. The molecule has 0 spiro atoms. The van der Waals surface area contributed by atoms with Crippen molar-refractivity contribution in [2.24, 2.45) is 5.41 Å². The maximum atomic E-state index is 12.4. The van der Waals surface area contributed by atoms with Crippen LogP contribution in [0.5, 0.6) is 0 Å². The van der Waals surface area contributed by atoms with Gasteiger partial charge in [-0.15, -0.1) is 0 Å². The standard InChI is InChI=1S/C18H19NO2/c1-18(17(20)21-2)12-14-10-6-7-11-15(14)19-16(18)13-8-4-3-5-9-13/h3-11,16,19H,12H2,1-2H3/t16-,18-/m0/s1. The molecule has 3 nitrogen and oxygen atoms in total. The molecule has 0 saturated carbocycles. The van der Waals surface area contributed by atoms with E-state index in [-0.39, 0.29) is 12.0 Å². The van der Waals surface area contributed by atoms with Crippen LogP contribution in [0.3, 0.4) is 0 Å². The summed E-state index contributed by atoms with van der Waals surface area (Å²) in [7, 11) is 1.45. The van der Waals surface area contributed by atoms with Gasteiger partial charge >= 0.3 is 5.97 Å². The van der Waals surface area contributed by atoms with Gasteiger partial charge in [0, 0.05) is 5.69 Å². The highest BCUT2D eigenvalue weighted by Crippen LogP contribution is 2.45. The van der Waals surface area contributed by atoms with Crippen LogP contribution in [0.15, 0.2) is 54.6 Å². The highest BCUT2D eigenvalue weighted by Gasteiger charge is 2.46. The summed E-state index contributed by atoms with van der Waals surface area (Å²) in [5.41, 5.74) is 2.72. The lowest BCUT2D eigenvalue weighted by Crippen LogP contribution is -2.44. The van der Waals surface area contributed by atoms with Crippen LogP contribution in [0, 0.1) is 5.41 Å². The number of esters is 1. The molecule has 0 saturated heterocycles. The van der Waals surface area contributed by atoms with Gasteiger partial charge in [0.15, 0.2) is 0 Å². The van der Waals surface area contributed by atoms with E-state index in [1.807, 2.05) is 49.4 Å². The molecule has 3 rings (SSSR count). The molecule has 2 aromatic rings. The number of nitrogens with one attached hydrogen (secondary N) is 1. The quantitative estimate of drug-likeness (QED) is 0.855. The molecule has 108 valence electrons. The van der Waals surface area contributed by atoms with Crippen molar-refractivity contribution in [3.63, 3.8) is 0 Å². The smallest absolute Gasteiger partial charge is 0.314 e. The number of benzene rings is 2. The average molecular weight is 281 g/mol. The fraction of sp³-hybridized carbons (Fsp3) is 0.278. The second-order valence-electron chi connectivity index (χ2n) is 5.73. The third kappa shape index (κ3) is 2.29. The van der Waals surface area contributed by atoms with Crippen molar-refractivity contribution in [2.75, 3.05) is 12.4 Å². The van der Waals surface area contributed by atoms with Crippen molar-refractivity contribution in [1.82, 2.24) is 0 Å². The molecule has 1 aliphatic heterocycles. The summed E-state index contributed by atoms with van der Waals surface area (Å²) in [5.74, 6) is -0.182. The van der Waals surface area contributed by atoms with Crippen LogP contribution < -0.4 is 5.32 Å². The number of anilines is 1. The van der Waals surface area contributed by atoms with E-state index < -0.39 is 5.41 Å². The number of carbonyl (C=O) groups is 1. The minimum absolute atomic E-state index is 0.0963. The molecule has 2 atom stereocenters. The Morgan fingerprint density at radius 3 is 2.52 bits per heavy atom. The van der Waals surface area contributed by atoms with Crippen molar-refractivity contribution in [1.29, 1.82) is 0 Å². The Hall–Kier alpha value is -2.29. The van der Waals surface area contributed by atoms with Crippen LogP contribution in [0.25, 0.3) is 0 Å². The molecule has 0 aromatic heterocycles. The average Bonchev–Trinajstić information content (AvgIpc) is 2.54. The molecule has 0 unspecified atom stereocenters. The van der Waals surface area contributed by atoms with Gasteiger partial charge in [-0.2, -0.15) is 0 Å². The molecule has 21 heavy (non-hydrogen) atoms. The van der Waals surface area contributed by atoms with Crippen LogP contribution >= 0.6 is 0 Å². The highest BCUT2D eigenvalue weighted by atomic mass is 16.5. The van der Waals surface area contributed by atoms with Gasteiger partial charge < -0.3 is 10.1 Å². The zero-order chi connectivity index (χ0) is 14.9. The van der Waals surface area contributed by atoms with Gasteiger partial charge in [0.2, 0.25) is 0 Å². The van der Waals surface area contributed by atoms with Crippen molar-refractivity contribution in [3.8, 4) is 0 Å². The summed E-state index contributed by atoms with van der Waals surface area (Å²) in [6, 6.07) is 18.1. The first kappa shape index (κ1) is 13.7. The van der Waals surface area contributed by atoms with Gasteiger partial charge in [-0.3, -0.25) is 4.79 Å². The van der Waals surface area contributed by atoms with E-state index in [0.717, 1.165) is 16.8 Å². The monoisotopic (exact) mass is 281 g/mol. The molecule has 0 bridgehead atoms. The number of fused-ring (bicyclic) bond motifs is 1. The number of carbonyl (C=O) groups excluding carboxylic acids is 1. The summed E-state index contributed by atoms with van der Waals surface area (Å²) >= 11 is 0. The summed E-state index contributed by atoms with van der Waals surface area (Å²) in [4.78, 5) is 12.4. The van der Waals surface area contributed by atoms with Gasteiger partial charge in [-0.05, 0) is 30.5 Å². The van der Waals surface area contributed by atoms with E-state index in [1.165, 1.54) is 7.11 Å². The molecule has 1 aliphatic rings. The zero-order valence-corrected chi connectivity index (χ0v) is 12.3. The Labute approximate surface area is 124 Å². The molecule has 0 amide bonds. The molecule has 1 N–H and O–H groups in total. The van der Waals surface area contributed by atoms with Gasteiger partial charge in [-0.25, -0.2) is 0 Å². The van der Waals surface area contributed by atoms with Crippen molar-refractivity contribution >= 4 is 11.7 Å². The predicted octanol–water partition coefficient (Wildman–Crippen LogP) is 3.58. The van der Waals surface area contributed by atoms with E-state index >= 15 is 0 Å². The number of hydrogen-bond donors (Lipinski definition) is 1. The molecule has 0 radical (unpaired) electrons. The van der Waals surface area contributed by atoms with Gasteiger partial charge in [0.05, 0.1) is 18.6 Å². The van der Waals surface area contributed by atoms with Crippen LogP contribution in [-0.2, 0) is 16.0 Å². The molecule has 2 aromatic carbocycles. The molecule has 3 heteroatoms. The van der Waals surface area contributed by atoms with E-state index in [9.17, 15) is 4.79 Å². The predicted molar refractivity (Wildman–Crippen MR) is 83.1 cm³/mol. The highest BCUT2D eigenvalue weighted by molar-refractivity contribution is 5.80. The summed E-state index contributed by atoms with van der Waals surface area (Å²) in [6.07, 6.45) is 0.669. The van der Waals surface area contributed by atoms with Crippen molar-refractivity contribution in [2.45, 2.75) is 19.4 Å². The topological polar surface area (TPSA) is 38.3 Å². The van der Waals surface area contributed by atoms with E-state index in [0.29, 0.717) is 6.42 Å². The van der Waals surface area contributed by atoms with E-state index in [2.05, 4.69) is 17.4 Å². The zero-order valence-electron chi connectivity index (χ0n) is 12.3. The second-order valence-corrected chi connectivity index (χ2v) is 5.73. The molecule has 0 aliphatic carbocycles. The lowest BCUT2D eigenvalue weighted by atomic mass is 9.71. The van der Waals surface area contributed by atoms with Crippen molar-refractivity contribution < 1.29 is 9.53 Å². The Balaban J connectivity index is 2.09. The number of ether oxygens (including phenoxy) is 1. The van der Waals surface area contributed by atoms with Crippen LogP contribution in [-0.4, -0.2) is 13.1 Å². The lowest BCUT2D eigenvalue weighted by molar-refractivity contribution is -0.153. The fourth-order valence-electron chi connectivity index (χ4n) is 3.15. The Morgan fingerprint density at radius 2 is 1.81 bits per heavy atom. The fourth-order valence-corrected chi connectivity index (χ4v) is 3.15. The molecule has 0 fully saturated rings. The number of rotatable bonds is 2. The maximum absolute atomic E-state index is 12.4. The van der Waals surface area contributed by atoms with Crippen LogP contribution in [0.4, 0.5) is 5.69 Å². The Morgan fingerprint density at radius 1 is 1.14 bits per heavy atom. The maximum Gasteiger partial charge on any atom is 0.314 e. The van der Waals surface area contributed by atoms with Crippen LogP contribution in [0.1, 0.15) is 24.1 Å². The molecular formula is C18H19NO2. The normalized spacial score (nSPS) is 23.8. The Kier molecular flexibility index (Phi) is 3.42. The van der Waals surface area contributed by atoms with Crippen LogP contribution in [0.2, 0.25) is 0 Å². The third-order valence-electron chi connectivity index (χ3n) is 4.30. The number of methoxy groups -OCH3 is 1. The van der Waals surface area contributed by atoms with E-state index in [4.69, 9.17) is 4.74 Å².